The summed E-state index contributed by atoms with van der Waals surface area (Å²) in [4.78, 5) is 16.6. The summed E-state index contributed by atoms with van der Waals surface area (Å²) in [5, 5.41) is 16.1. The maximum absolute atomic E-state index is 12.4. The van der Waals surface area contributed by atoms with E-state index in [1.165, 1.54) is 0 Å². The van der Waals surface area contributed by atoms with E-state index in [0.717, 1.165) is 31.9 Å². The predicted octanol–water partition coefficient (Wildman–Crippen LogP) is 1.04. The van der Waals surface area contributed by atoms with Gasteiger partial charge in [0.15, 0.2) is 11.5 Å². The number of anilines is 1. The van der Waals surface area contributed by atoms with E-state index in [1.807, 2.05) is 29.2 Å². The normalized spacial score (nSPS) is 15.4. The molecule has 0 unspecified atom stereocenters. The molecule has 9 nitrogen and oxygen atoms in total. The third kappa shape index (κ3) is 4.08. The minimum absolute atomic E-state index is 0.159. The summed E-state index contributed by atoms with van der Waals surface area (Å²) in [6.07, 6.45) is 2.57. The number of fused-ring (bicyclic) bond motifs is 1. The monoisotopic (exact) mass is 369 g/mol. The first-order chi connectivity index (χ1) is 13.2. The van der Waals surface area contributed by atoms with Crippen molar-refractivity contribution < 1.29 is 9.21 Å². The summed E-state index contributed by atoms with van der Waals surface area (Å²) in [6, 6.07) is 7.46. The quantitative estimate of drug-likeness (QED) is 0.694. The second-order valence-electron chi connectivity index (χ2n) is 6.72. The number of carbonyl (C=O) groups is 1. The topological polar surface area (TPSA) is 91.8 Å². The number of likely N-dealkylation sites (N-methyl/N-ethyl adjacent to an activating group) is 1. The molecule has 3 aromatic rings. The van der Waals surface area contributed by atoms with Crippen molar-refractivity contribution in [2.75, 3.05) is 38.5 Å². The number of furan rings is 1. The third-order valence-corrected chi connectivity index (χ3v) is 4.77. The van der Waals surface area contributed by atoms with Gasteiger partial charge in [-0.25, -0.2) is 0 Å². The highest BCUT2D eigenvalue weighted by Gasteiger charge is 2.19. The molecule has 4 rings (SSSR count). The van der Waals surface area contributed by atoms with Crippen LogP contribution < -0.4 is 5.32 Å². The number of nitrogens with one attached hydrogen (secondary N) is 1. The van der Waals surface area contributed by atoms with Gasteiger partial charge in [0.05, 0.1) is 12.8 Å². The summed E-state index contributed by atoms with van der Waals surface area (Å²) < 4.78 is 7.01. The Morgan fingerprint density at radius 3 is 2.81 bits per heavy atom. The van der Waals surface area contributed by atoms with Gasteiger partial charge in [-0.05, 0) is 31.3 Å². The van der Waals surface area contributed by atoms with Gasteiger partial charge in [0.25, 0.3) is 0 Å². The minimum Gasteiger partial charge on any atom is -0.467 e. The molecular formula is C18H23N7O2. The second kappa shape index (κ2) is 7.75. The third-order valence-electron chi connectivity index (χ3n) is 4.77. The molecule has 0 aromatic carbocycles. The lowest BCUT2D eigenvalue weighted by molar-refractivity contribution is -0.132. The van der Waals surface area contributed by atoms with Crippen LogP contribution in [0.1, 0.15) is 18.0 Å². The van der Waals surface area contributed by atoms with E-state index in [2.05, 4.69) is 32.6 Å². The number of hydrogen-bond acceptors (Lipinski definition) is 7. The van der Waals surface area contributed by atoms with Crippen molar-refractivity contribution in [2.24, 2.45) is 0 Å². The smallest absolute Gasteiger partial charge is 0.223 e. The first kappa shape index (κ1) is 17.5. The molecule has 1 aliphatic rings. The molecule has 0 bridgehead atoms. The lowest BCUT2D eigenvalue weighted by Crippen LogP contribution is -2.47. The van der Waals surface area contributed by atoms with Crippen LogP contribution in [0.2, 0.25) is 0 Å². The molecule has 142 valence electrons. The van der Waals surface area contributed by atoms with E-state index in [9.17, 15) is 4.79 Å². The van der Waals surface area contributed by atoms with Gasteiger partial charge in [-0.15, -0.1) is 15.3 Å². The van der Waals surface area contributed by atoms with Crippen LogP contribution in [0.4, 0.5) is 5.82 Å². The van der Waals surface area contributed by atoms with Crippen LogP contribution in [0.15, 0.2) is 34.9 Å². The Morgan fingerprint density at radius 2 is 2.04 bits per heavy atom. The molecular weight excluding hydrogens is 346 g/mol. The molecule has 1 aliphatic heterocycles. The molecule has 0 aliphatic carbocycles. The summed E-state index contributed by atoms with van der Waals surface area (Å²) >= 11 is 0. The fraction of sp³-hybridized carbons (Fsp3) is 0.444. The van der Waals surface area contributed by atoms with Crippen LogP contribution >= 0.6 is 0 Å². The van der Waals surface area contributed by atoms with Crippen molar-refractivity contribution in [3.8, 4) is 0 Å². The van der Waals surface area contributed by atoms with Gasteiger partial charge in [0.2, 0.25) is 5.91 Å². The Labute approximate surface area is 157 Å². The van der Waals surface area contributed by atoms with Crippen LogP contribution in [-0.2, 0) is 17.8 Å². The van der Waals surface area contributed by atoms with Crippen LogP contribution in [-0.4, -0.2) is 68.7 Å². The maximum Gasteiger partial charge on any atom is 0.223 e. The van der Waals surface area contributed by atoms with E-state index in [-0.39, 0.29) is 5.91 Å². The molecule has 1 amide bonds. The molecule has 1 N–H and O–H groups in total. The largest absolute Gasteiger partial charge is 0.467 e. The molecule has 1 fully saturated rings. The zero-order chi connectivity index (χ0) is 18.6. The molecule has 0 radical (unpaired) electrons. The number of piperazine rings is 1. The predicted molar refractivity (Wildman–Crippen MR) is 99.2 cm³/mol. The molecule has 27 heavy (non-hydrogen) atoms. The summed E-state index contributed by atoms with van der Waals surface area (Å²) in [6.45, 7) is 3.96. The lowest BCUT2D eigenvalue weighted by atomic mass is 10.2. The Balaban J connectivity index is 1.39. The van der Waals surface area contributed by atoms with E-state index in [4.69, 9.17) is 4.42 Å². The highest BCUT2D eigenvalue weighted by molar-refractivity contribution is 5.76. The number of rotatable bonds is 6. The Bertz CT molecular complexity index is 898. The SMILES string of the molecule is CN1CCN(C(=O)CCc2nnc3ccc(NCc4ccco4)nn23)CC1. The highest BCUT2D eigenvalue weighted by atomic mass is 16.3. The molecule has 9 heteroatoms. The second-order valence-corrected chi connectivity index (χ2v) is 6.72. The number of aromatic nitrogens is 4. The fourth-order valence-electron chi connectivity index (χ4n) is 3.11. The fourth-order valence-corrected chi connectivity index (χ4v) is 3.11. The standard InChI is InChI=1S/C18H23N7O2/c1-23-8-10-24(11-9-23)18(26)7-6-17-21-20-16-5-4-15(22-25(16)17)19-13-14-3-2-12-27-14/h2-5,12H,6-11,13H2,1H3,(H,19,22). The van der Waals surface area contributed by atoms with E-state index < -0.39 is 0 Å². The van der Waals surface area contributed by atoms with Crippen LogP contribution in [0.25, 0.3) is 5.65 Å². The van der Waals surface area contributed by atoms with Crippen molar-refractivity contribution in [3.05, 3.63) is 42.1 Å². The molecule has 0 atom stereocenters. The van der Waals surface area contributed by atoms with E-state index in [1.54, 1.807) is 10.8 Å². The molecule has 0 saturated carbocycles. The molecule has 0 spiro atoms. The van der Waals surface area contributed by atoms with Gasteiger partial charge in [0.1, 0.15) is 11.6 Å². The zero-order valence-corrected chi connectivity index (χ0v) is 15.3. The van der Waals surface area contributed by atoms with Gasteiger partial charge in [-0.1, -0.05) is 0 Å². The number of aryl methyl sites for hydroxylation is 1. The van der Waals surface area contributed by atoms with Crippen LogP contribution in [0, 0.1) is 0 Å². The maximum atomic E-state index is 12.4. The minimum atomic E-state index is 0.159. The summed E-state index contributed by atoms with van der Waals surface area (Å²) in [5.41, 5.74) is 0.667. The Hall–Kier alpha value is -2.94. The first-order valence-electron chi connectivity index (χ1n) is 9.13. The van der Waals surface area contributed by atoms with Crippen molar-refractivity contribution >= 4 is 17.4 Å². The van der Waals surface area contributed by atoms with Gasteiger partial charge in [0, 0.05) is 39.0 Å². The Morgan fingerprint density at radius 1 is 1.19 bits per heavy atom. The number of amides is 1. The summed E-state index contributed by atoms with van der Waals surface area (Å²) in [5.74, 6) is 2.38. The van der Waals surface area contributed by atoms with Gasteiger partial charge >= 0.3 is 0 Å². The lowest BCUT2D eigenvalue weighted by Gasteiger charge is -2.32. The number of nitrogens with zero attached hydrogens (tertiary/aromatic N) is 6. The average Bonchev–Trinajstić information content (AvgIpc) is 3.34. The zero-order valence-electron chi connectivity index (χ0n) is 15.3. The van der Waals surface area contributed by atoms with Crippen molar-refractivity contribution in [1.29, 1.82) is 0 Å². The average molecular weight is 369 g/mol. The van der Waals surface area contributed by atoms with Crippen molar-refractivity contribution in [2.45, 2.75) is 19.4 Å². The van der Waals surface area contributed by atoms with Gasteiger partial charge in [-0.2, -0.15) is 4.52 Å². The number of carbonyl (C=O) groups excluding carboxylic acids is 1. The molecule has 3 aromatic heterocycles. The van der Waals surface area contributed by atoms with E-state index in [0.29, 0.717) is 36.7 Å². The Kier molecular flexibility index (Phi) is 5.01. The summed E-state index contributed by atoms with van der Waals surface area (Å²) in [7, 11) is 2.08. The van der Waals surface area contributed by atoms with Crippen molar-refractivity contribution in [1.82, 2.24) is 29.6 Å². The van der Waals surface area contributed by atoms with Gasteiger partial charge < -0.3 is 19.5 Å². The van der Waals surface area contributed by atoms with E-state index >= 15 is 0 Å². The molecule has 4 heterocycles. The van der Waals surface area contributed by atoms with Crippen molar-refractivity contribution in [3.63, 3.8) is 0 Å². The first-order valence-corrected chi connectivity index (χ1v) is 9.13. The molecule has 1 saturated heterocycles. The van der Waals surface area contributed by atoms with Crippen LogP contribution in [0.5, 0.6) is 0 Å². The highest BCUT2D eigenvalue weighted by Crippen LogP contribution is 2.11. The number of hydrogen-bond donors (Lipinski definition) is 1. The van der Waals surface area contributed by atoms with Crippen LogP contribution in [0.3, 0.4) is 0 Å². The van der Waals surface area contributed by atoms with Gasteiger partial charge in [-0.3, -0.25) is 4.79 Å².